The maximum absolute atomic E-state index is 13.5. The summed E-state index contributed by atoms with van der Waals surface area (Å²) in [6, 6.07) is 9.58. The van der Waals surface area contributed by atoms with Crippen molar-refractivity contribution in [2.75, 3.05) is 5.32 Å². The lowest BCUT2D eigenvalue weighted by molar-refractivity contribution is 0.448. The van der Waals surface area contributed by atoms with E-state index in [9.17, 15) is 13.2 Å². The summed E-state index contributed by atoms with van der Waals surface area (Å²) in [7, 11) is 0. The van der Waals surface area contributed by atoms with Crippen molar-refractivity contribution in [3.8, 4) is 0 Å². The standard InChI is InChI=1S/C15H14F3N/c1-9-4-3-5-11(8-9)10(2)19-13-7-6-12(16)14(17)15(13)18/h3-8,10,19H,1-2H3. The number of hydrogen-bond acceptors (Lipinski definition) is 1. The molecule has 0 spiro atoms. The van der Waals surface area contributed by atoms with Crippen molar-refractivity contribution in [1.29, 1.82) is 0 Å². The maximum Gasteiger partial charge on any atom is 0.196 e. The molecule has 1 unspecified atom stereocenters. The second-order valence-electron chi connectivity index (χ2n) is 4.50. The molecule has 0 fully saturated rings. The van der Waals surface area contributed by atoms with Crippen LogP contribution in [-0.2, 0) is 0 Å². The van der Waals surface area contributed by atoms with E-state index < -0.39 is 17.5 Å². The first kappa shape index (κ1) is 13.5. The molecule has 19 heavy (non-hydrogen) atoms. The molecule has 1 nitrogen and oxygen atoms in total. The molecule has 4 heteroatoms. The summed E-state index contributed by atoms with van der Waals surface area (Å²) in [5.41, 5.74) is 1.98. The van der Waals surface area contributed by atoms with Crippen molar-refractivity contribution in [2.45, 2.75) is 19.9 Å². The Hall–Kier alpha value is -1.97. The van der Waals surface area contributed by atoms with Crippen LogP contribution in [0.15, 0.2) is 36.4 Å². The number of hydrogen-bond donors (Lipinski definition) is 1. The minimum absolute atomic E-state index is 0.0482. The molecule has 0 aromatic heterocycles. The molecule has 0 aliphatic rings. The van der Waals surface area contributed by atoms with Gasteiger partial charge in [0.2, 0.25) is 0 Å². The van der Waals surface area contributed by atoms with E-state index in [1.807, 2.05) is 38.1 Å². The molecule has 0 bridgehead atoms. The average Bonchev–Trinajstić information content (AvgIpc) is 2.39. The molecule has 0 aliphatic carbocycles. The maximum atomic E-state index is 13.5. The average molecular weight is 265 g/mol. The highest BCUT2D eigenvalue weighted by atomic mass is 19.2. The Labute approximate surface area is 110 Å². The highest BCUT2D eigenvalue weighted by Gasteiger charge is 2.15. The van der Waals surface area contributed by atoms with E-state index >= 15 is 0 Å². The Morgan fingerprint density at radius 1 is 1.00 bits per heavy atom. The van der Waals surface area contributed by atoms with Crippen molar-refractivity contribution in [1.82, 2.24) is 0 Å². The Morgan fingerprint density at radius 2 is 1.74 bits per heavy atom. The van der Waals surface area contributed by atoms with Gasteiger partial charge in [-0.05, 0) is 31.5 Å². The predicted octanol–water partition coefficient (Wildman–Crippen LogP) is 4.59. The van der Waals surface area contributed by atoms with Gasteiger partial charge in [0.25, 0.3) is 0 Å². The minimum Gasteiger partial charge on any atom is -0.376 e. The Kier molecular flexibility index (Phi) is 3.79. The lowest BCUT2D eigenvalue weighted by atomic mass is 10.1. The van der Waals surface area contributed by atoms with Crippen LogP contribution in [0.1, 0.15) is 24.1 Å². The van der Waals surface area contributed by atoms with Gasteiger partial charge in [-0.25, -0.2) is 13.2 Å². The van der Waals surface area contributed by atoms with Crippen LogP contribution >= 0.6 is 0 Å². The summed E-state index contributed by atoms with van der Waals surface area (Å²) in [5, 5.41) is 2.84. The fourth-order valence-corrected chi connectivity index (χ4v) is 1.89. The van der Waals surface area contributed by atoms with Gasteiger partial charge in [0, 0.05) is 6.04 Å². The van der Waals surface area contributed by atoms with Crippen LogP contribution in [-0.4, -0.2) is 0 Å². The van der Waals surface area contributed by atoms with Gasteiger partial charge in [0.15, 0.2) is 17.5 Å². The van der Waals surface area contributed by atoms with Crippen molar-refractivity contribution < 1.29 is 13.2 Å². The lowest BCUT2D eigenvalue weighted by Crippen LogP contribution is -2.09. The molecular formula is C15H14F3N. The normalized spacial score (nSPS) is 12.3. The summed E-state index contributed by atoms with van der Waals surface area (Å²) in [5.74, 6) is -3.84. The van der Waals surface area contributed by atoms with Crippen LogP contribution in [0, 0.1) is 24.4 Å². The first-order valence-corrected chi connectivity index (χ1v) is 5.95. The first-order valence-electron chi connectivity index (χ1n) is 5.95. The third-order valence-electron chi connectivity index (χ3n) is 2.95. The molecule has 0 amide bonds. The van der Waals surface area contributed by atoms with Gasteiger partial charge in [-0.1, -0.05) is 29.8 Å². The number of rotatable bonds is 3. The second-order valence-corrected chi connectivity index (χ2v) is 4.50. The lowest BCUT2D eigenvalue weighted by Gasteiger charge is -2.17. The molecule has 100 valence electrons. The third kappa shape index (κ3) is 2.89. The number of halogens is 3. The van der Waals surface area contributed by atoms with E-state index in [1.54, 1.807) is 0 Å². The van der Waals surface area contributed by atoms with Gasteiger partial charge < -0.3 is 5.32 Å². The van der Waals surface area contributed by atoms with Crippen molar-refractivity contribution in [3.63, 3.8) is 0 Å². The molecule has 0 saturated heterocycles. The SMILES string of the molecule is Cc1cccc(C(C)Nc2ccc(F)c(F)c2F)c1. The molecule has 2 aromatic carbocycles. The fourth-order valence-electron chi connectivity index (χ4n) is 1.89. The Morgan fingerprint density at radius 3 is 2.42 bits per heavy atom. The van der Waals surface area contributed by atoms with Gasteiger partial charge in [-0.2, -0.15) is 0 Å². The Balaban J connectivity index is 2.24. The number of aryl methyl sites for hydroxylation is 1. The summed E-state index contributed by atoms with van der Waals surface area (Å²) < 4.78 is 39.5. The molecule has 1 N–H and O–H groups in total. The van der Waals surface area contributed by atoms with Crippen molar-refractivity contribution in [3.05, 3.63) is 65.0 Å². The summed E-state index contributed by atoms with van der Waals surface area (Å²) in [4.78, 5) is 0. The van der Waals surface area contributed by atoms with E-state index in [0.29, 0.717) is 0 Å². The molecule has 0 saturated carbocycles. The zero-order chi connectivity index (χ0) is 14.0. The predicted molar refractivity (Wildman–Crippen MR) is 69.5 cm³/mol. The molecule has 0 radical (unpaired) electrons. The summed E-state index contributed by atoms with van der Waals surface area (Å²) in [6.45, 7) is 3.78. The number of benzene rings is 2. The molecular weight excluding hydrogens is 251 g/mol. The largest absolute Gasteiger partial charge is 0.376 e. The highest BCUT2D eigenvalue weighted by molar-refractivity contribution is 5.47. The van der Waals surface area contributed by atoms with E-state index in [0.717, 1.165) is 17.2 Å². The monoisotopic (exact) mass is 265 g/mol. The van der Waals surface area contributed by atoms with Crippen LogP contribution in [0.3, 0.4) is 0 Å². The molecule has 2 aromatic rings. The van der Waals surface area contributed by atoms with Gasteiger partial charge in [0.1, 0.15) is 0 Å². The number of anilines is 1. The van der Waals surface area contributed by atoms with Crippen LogP contribution in [0.2, 0.25) is 0 Å². The summed E-state index contributed by atoms with van der Waals surface area (Å²) in [6.07, 6.45) is 0. The fraction of sp³-hybridized carbons (Fsp3) is 0.200. The second kappa shape index (κ2) is 5.34. The zero-order valence-electron chi connectivity index (χ0n) is 10.7. The summed E-state index contributed by atoms with van der Waals surface area (Å²) >= 11 is 0. The molecule has 1 atom stereocenters. The van der Waals surface area contributed by atoms with Crippen molar-refractivity contribution >= 4 is 5.69 Å². The van der Waals surface area contributed by atoms with E-state index in [4.69, 9.17) is 0 Å². The van der Waals surface area contributed by atoms with E-state index in [-0.39, 0.29) is 11.7 Å². The van der Waals surface area contributed by atoms with Gasteiger partial charge in [0.05, 0.1) is 5.69 Å². The molecule has 2 rings (SSSR count). The quantitative estimate of drug-likeness (QED) is 0.801. The van der Waals surface area contributed by atoms with Crippen LogP contribution < -0.4 is 5.32 Å². The van der Waals surface area contributed by atoms with Crippen LogP contribution in [0.4, 0.5) is 18.9 Å². The van der Waals surface area contributed by atoms with Gasteiger partial charge in [-0.15, -0.1) is 0 Å². The molecule has 0 heterocycles. The van der Waals surface area contributed by atoms with E-state index in [2.05, 4.69) is 5.32 Å². The van der Waals surface area contributed by atoms with Crippen LogP contribution in [0.25, 0.3) is 0 Å². The Bertz CT molecular complexity index is 596. The van der Waals surface area contributed by atoms with E-state index in [1.165, 1.54) is 6.07 Å². The van der Waals surface area contributed by atoms with Crippen molar-refractivity contribution in [2.24, 2.45) is 0 Å². The first-order chi connectivity index (χ1) is 8.99. The van der Waals surface area contributed by atoms with Gasteiger partial charge >= 0.3 is 0 Å². The van der Waals surface area contributed by atoms with Gasteiger partial charge in [-0.3, -0.25) is 0 Å². The third-order valence-corrected chi connectivity index (χ3v) is 2.95. The topological polar surface area (TPSA) is 12.0 Å². The number of nitrogens with one attached hydrogen (secondary N) is 1. The van der Waals surface area contributed by atoms with Crippen LogP contribution in [0.5, 0.6) is 0 Å². The zero-order valence-corrected chi connectivity index (χ0v) is 10.7. The highest BCUT2D eigenvalue weighted by Crippen LogP contribution is 2.24. The minimum atomic E-state index is -1.46. The smallest absolute Gasteiger partial charge is 0.196 e. The molecule has 0 aliphatic heterocycles.